The molecule has 0 aliphatic heterocycles. The van der Waals surface area contributed by atoms with Crippen molar-refractivity contribution in [3.63, 3.8) is 0 Å². The molecule has 0 aliphatic rings. The van der Waals surface area contributed by atoms with Gasteiger partial charge in [-0.15, -0.1) is 0 Å². The van der Waals surface area contributed by atoms with Crippen LogP contribution in [0.2, 0.25) is 0 Å². The van der Waals surface area contributed by atoms with Crippen molar-refractivity contribution in [2.24, 2.45) is 0 Å². The van der Waals surface area contributed by atoms with Crippen molar-refractivity contribution in [3.05, 3.63) is 4.77 Å². The van der Waals surface area contributed by atoms with Gasteiger partial charge in [0.15, 0.2) is 0 Å². The number of tetrazole rings is 1. The normalized spacial score (nSPS) is 10.5. The van der Waals surface area contributed by atoms with Crippen LogP contribution >= 0.6 is 24.0 Å². The summed E-state index contributed by atoms with van der Waals surface area (Å²) in [5.41, 5.74) is 0. The Morgan fingerprint density at radius 3 is 2.92 bits per heavy atom. The lowest BCUT2D eigenvalue weighted by Crippen LogP contribution is -2.00. The molecule has 0 radical (unpaired) electrons. The van der Waals surface area contributed by atoms with Gasteiger partial charge in [-0.05, 0) is 37.1 Å². The molecule has 0 fully saturated rings. The molecule has 0 saturated carbocycles. The Balaban J connectivity index is 2.13. The molecule has 6 heteroatoms. The average molecular weight is 218 g/mol. The van der Waals surface area contributed by atoms with E-state index in [0.29, 0.717) is 4.77 Å². The molecule has 0 saturated heterocycles. The Morgan fingerprint density at radius 2 is 2.31 bits per heavy atom. The number of hydrogen-bond donors (Lipinski definition) is 1. The maximum absolute atomic E-state index is 4.94. The summed E-state index contributed by atoms with van der Waals surface area (Å²) in [5, 5.41) is 10.1. The minimum Gasteiger partial charge on any atom is -0.242 e. The zero-order valence-electron chi connectivity index (χ0n) is 7.69. The van der Waals surface area contributed by atoms with Gasteiger partial charge < -0.3 is 0 Å². The van der Waals surface area contributed by atoms with E-state index in [9.17, 15) is 0 Å². The Kier molecular flexibility index (Phi) is 5.07. The molecule has 0 aliphatic carbocycles. The van der Waals surface area contributed by atoms with Crippen LogP contribution in [0.15, 0.2) is 0 Å². The highest BCUT2D eigenvalue weighted by Crippen LogP contribution is 2.03. The van der Waals surface area contributed by atoms with Gasteiger partial charge >= 0.3 is 0 Å². The van der Waals surface area contributed by atoms with Gasteiger partial charge in [0.1, 0.15) is 0 Å². The van der Waals surface area contributed by atoms with Crippen LogP contribution in [-0.2, 0) is 6.54 Å². The van der Waals surface area contributed by atoms with E-state index >= 15 is 0 Å². The number of nitrogens with one attached hydrogen (secondary N) is 1. The predicted molar refractivity (Wildman–Crippen MR) is 57.4 cm³/mol. The Morgan fingerprint density at radius 1 is 1.46 bits per heavy atom. The minimum absolute atomic E-state index is 0.546. The van der Waals surface area contributed by atoms with E-state index in [1.807, 2.05) is 11.8 Å². The summed E-state index contributed by atoms with van der Waals surface area (Å²) in [6, 6.07) is 0. The quantitative estimate of drug-likeness (QED) is 0.585. The molecule has 0 aromatic carbocycles. The number of aryl methyl sites for hydroxylation is 1. The van der Waals surface area contributed by atoms with E-state index < -0.39 is 0 Å². The monoisotopic (exact) mass is 218 g/mol. The molecule has 1 rings (SSSR count). The molecule has 1 heterocycles. The number of aromatic nitrogens is 4. The van der Waals surface area contributed by atoms with Crippen molar-refractivity contribution in [2.75, 3.05) is 12.0 Å². The zero-order chi connectivity index (χ0) is 9.52. The third kappa shape index (κ3) is 3.91. The fourth-order valence-corrected chi connectivity index (χ4v) is 1.72. The lowest BCUT2D eigenvalue weighted by atomic mass is 10.2. The van der Waals surface area contributed by atoms with Crippen molar-refractivity contribution in [1.82, 2.24) is 20.2 Å². The van der Waals surface area contributed by atoms with Crippen molar-refractivity contribution < 1.29 is 0 Å². The topological polar surface area (TPSA) is 46.5 Å². The molecule has 1 aromatic heterocycles. The fourth-order valence-electron chi connectivity index (χ4n) is 1.05. The lowest BCUT2D eigenvalue weighted by molar-refractivity contribution is 0.534. The number of aromatic amines is 1. The molecule has 0 spiro atoms. The average Bonchev–Trinajstić information content (AvgIpc) is 2.52. The number of nitrogens with zero attached hydrogens (tertiary/aromatic N) is 3. The number of rotatable bonds is 6. The Bertz CT molecular complexity index is 280. The van der Waals surface area contributed by atoms with Crippen LogP contribution in [0.4, 0.5) is 0 Å². The molecule has 1 N–H and O–H groups in total. The second-order valence-corrected chi connectivity index (χ2v) is 4.14. The summed E-state index contributed by atoms with van der Waals surface area (Å²) in [5.74, 6) is 1.24. The van der Waals surface area contributed by atoms with Crippen LogP contribution in [0, 0.1) is 4.77 Å². The maximum atomic E-state index is 4.94. The summed E-state index contributed by atoms with van der Waals surface area (Å²) in [4.78, 5) is 0. The smallest absolute Gasteiger partial charge is 0.238 e. The summed E-state index contributed by atoms with van der Waals surface area (Å²) in [6.07, 6.45) is 5.78. The van der Waals surface area contributed by atoms with Gasteiger partial charge in [-0.25, -0.2) is 4.68 Å². The minimum atomic E-state index is 0.546. The summed E-state index contributed by atoms with van der Waals surface area (Å²) in [7, 11) is 0. The number of H-pyrrole nitrogens is 1. The van der Waals surface area contributed by atoms with E-state index in [2.05, 4.69) is 21.8 Å². The van der Waals surface area contributed by atoms with E-state index in [1.165, 1.54) is 18.6 Å². The highest BCUT2D eigenvalue weighted by Gasteiger charge is 1.94. The third-order valence-corrected chi connectivity index (χ3v) is 2.76. The van der Waals surface area contributed by atoms with Crippen LogP contribution in [-0.4, -0.2) is 32.2 Å². The largest absolute Gasteiger partial charge is 0.242 e. The third-order valence-electron chi connectivity index (χ3n) is 1.76. The van der Waals surface area contributed by atoms with Gasteiger partial charge in [-0.2, -0.15) is 17.0 Å². The highest BCUT2D eigenvalue weighted by molar-refractivity contribution is 7.98. The molecule has 0 atom stereocenters. The fraction of sp³-hybridized carbons (Fsp3) is 0.857. The van der Waals surface area contributed by atoms with Crippen LogP contribution in [0.3, 0.4) is 0 Å². The van der Waals surface area contributed by atoms with Crippen molar-refractivity contribution in [3.8, 4) is 0 Å². The van der Waals surface area contributed by atoms with Gasteiger partial charge in [-0.1, -0.05) is 16.7 Å². The molecule has 0 bridgehead atoms. The standard InChI is InChI=1S/C7H14N4S2/c1-13-6-4-2-3-5-11-7(12)8-9-10-11/h2-6H2,1H3,(H,8,10,12). The first-order valence-electron chi connectivity index (χ1n) is 4.31. The molecule has 74 valence electrons. The van der Waals surface area contributed by atoms with E-state index in [1.54, 1.807) is 4.68 Å². The molecular formula is C7H14N4S2. The molecule has 0 amide bonds. The number of hydrogen-bond acceptors (Lipinski definition) is 4. The van der Waals surface area contributed by atoms with Crippen LogP contribution in [0.5, 0.6) is 0 Å². The molecule has 13 heavy (non-hydrogen) atoms. The Labute approximate surface area is 87.1 Å². The number of unbranched alkanes of at least 4 members (excludes halogenated alkanes) is 2. The summed E-state index contributed by atoms with van der Waals surface area (Å²) >= 11 is 6.83. The van der Waals surface area contributed by atoms with Crippen LogP contribution in [0.1, 0.15) is 19.3 Å². The van der Waals surface area contributed by atoms with Gasteiger partial charge in [-0.3, -0.25) is 0 Å². The van der Waals surface area contributed by atoms with E-state index in [-0.39, 0.29) is 0 Å². The van der Waals surface area contributed by atoms with Gasteiger partial charge in [0.25, 0.3) is 0 Å². The van der Waals surface area contributed by atoms with Gasteiger partial charge in [0.05, 0.1) is 0 Å². The molecule has 4 nitrogen and oxygen atoms in total. The van der Waals surface area contributed by atoms with E-state index in [4.69, 9.17) is 12.2 Å². The second-order valence-electron chi connectivity index (χ2n) is 2.79. The lowest BCUT2D eigenvalue weighted by Gasteiger charge is -1.99. The van der Waals surface area contributed by atoms with Crippen LogP contribution < -0.4 is 0 Å². The van der Waals surface area contributed by atoms with E-state index in [0.717, 1.165) is 13.0 Å². The molecular weight excluding hydrogens is 204 g/mol. The van der Waals surface area contributed by atoms with Gasteiger partial charge in [0, 0.05) is 6.54 Å². The van der Waals surface area contributed by atoms with Crippen molar-refractivity contribution >= 4 is 24.0 Å². The number of thioether (sulfide) groups is 1. The summed E-state index contributed by atoms with van der Waals surface area (Å²) < 4.78 is 2.35. The molecule has 0 unspecified atom stereocenters. The SMILES string of the molecule is CSCCCCCn1[nH]nnc1=S. The first-order chi connectivity index (χ1) is 6.34. The first kappa shape index (κ1) is 10.7. The highest BCUT2D eigenvalue weighted by atomic mass is 32.2. The predicted octanol–water partition coefficient (Wildman–Crippen LogP) is 1.87. The molecule has 1 aromatic rings. The Hall–Kier alpha value is -0.360. The second kappa shape index (κ2) is 6.15. The maximum Gasteiger partial charge on any atom is 0.238 e. The van der Waals surface area contributed by atoms with Crippen LogP contribution in [0.25, 0.3) is 0 Å². The van der Waals surface area contributed by atoms with Gasteiger partial charge in [0.2, 0.25) is 4.77 Å². The first-order valence-corrected chi connectivity index (χ1v) is 6.11. The van der Waals surface area contributed by atoms with Crippen molar-refractivity contribution in [1.29, 1.82) is 0 Å². The summed E-state index contributed by atoms with van der Waals surface area (Å²) in [6.45, 7) is 0.903. The van der Waals surface area contributed by atoms with Crippen molar-refractivity contribution in [2.45, 2.75) is 25.8 Å². The zero-order valence-corrected chi connectivity index (χ0v) is 9.33.